The monoisotopic (exact) mass is 244 g/mol. The quantitative estimate of drug-likeness (QED) is 0.895. The van der Waals surface area contributed by atoms with Crippen LogP contribution in [0.4, 0.5) is 5.69 Å². The predicted octanol–water partition coefficient (Wildman–Crippen LogP) is 1.80. The first-order chi connectivity index (χ1) is 8.60. The van der Waals surface area contributed by atoms with Gasteiger partial charge in [0.1, 0.15) is 5.75 Å². The van der Waals surface area contributed by atoms with Gasteiger partial charge in [0.15, 0.2) is 0 Å². The summed E-state index contributed by atoms with van der Waals surface area (Å²) in [6.07, 6.45) is 1.68. The van der Waals surface area contributed by atoms with E-state index in [1.165, 1.54) is 0 Å². The Labute approximate surface area is 106 Å². The van der Waals surface area contributed by atoms with Gasteiger partial charge in [0.25, 0.3) is 5.56 Å². The van der Waals surface area contributed by atoms with Crippen molar-refractivity contribution in [1.29, 1.82) is 0 Å². The van der Waals surface area contributed by atoms with Gasteiger partial charge in [-0.25, -0.2) is 0 Å². The minimum Gasteiger partial charge on any atom is -0.497 e. The third-order valence-corrected chi connectivity index (χ3v) is 2.86. The van der Waals surface area contributed by atoms with E-state index in [1.807, 2.05) is 31.2 Å². The van der Waals surface area contributed by atoms with Crippen molar-refractivity contribution in [3.63, 3.8) is 0 Å². The molecule has 0 radical (unpaired) electrons. The summed E-state index contributed by atoms with van der Waals surface area (Å²) < 4.78 is 6.75. The Balaban J connectivity index is 2.34. The van der Waals surface area contributed by atoms with Crippen LogP contribution in [0.5, 0.6) is 5.75 Å². The van der Waals surface area contributed by atoms with Gasteiger partial charge in [-0.3, -0.25) is 4.79 Å². The Kier molecular flexibility index (Phi) is 3.37. The molecule has 1 heterocycles. The van der Waals surface area contributed by atoms with E-state index in [9.17, 15) is 4.79 Å². The number of hydrogen-bond donors (Lipinski definition) is 1. The lowest BCUT2D eigenvalue weighted by molar-refractivity contribution is 0.414. The second-order valence-electron chi connectivity index (χ2n) is 4.23. The topological polar surface area (TPSA) is 57.2 Å². The first kappa shape index (κ1) is 12.2. The summed E-state index contributed by atoms with van der Waals surface area (Å²) in [5.74, 6) is 0.778. The molecule has 0 saturated heterocycles. The smallest absolute Gasteiger partial charge is 0.251 e. The Morgan fingerprint density at radius 3 is 2.83 bits per heavy atom. The molecule has 4 nitrogen and oxygen atoms in total. The second kappa shape index (κ2) is 4.96. The van der Waals surface area contributed by atoms with Gasteiger partial charge in [-0.1, -0.05) is 12.1 Å². The molecule has 1 aromatic heterocycles. The number of aromatic nitrogens is 1. The summed E-state index contributed by atoms with van der Waals surface area (Å²) in [6.45, 7) is 2.31. The molecule has 0 atom stereocenters. The van der Waals surface area contributed by atoms with Crippen molar-refractivity contribution in [3.8, 4) is 5.75 Å². The molecule has 0 aliphatic rings. The molecule has 94 valence electrons. The Hall–Kier alpha value is -2.23. The molecule has 0 spiro atoms. The Morgan fingerprint density at radius 2 is 2.11 bits per heavy atom. The standard InChI is InChI=1S/C14H16N2O2/c1-10-6-14(17)16(9-13(10)15)8-11-4-3-5-12(7-11)18-2/h3-7,9H,8,15H2,1-2H3. The van der Waals surface area contributed by atoms with E-state index >= 15 is 0 Å². The summed E-state index contributed by atoms with van der Waals surface area (Å²) >= 11 is 0. The van der Waals surface area contributed by atoms with Crippen molar-refractivity contribution in [2.24, 2.45) is 0 Å². The normalized spacial score (nSPS) is 10.3. The van der Waals surface area contributed by atoms with Crippen LogP contribution in [0.25, 0.3) is 0 Å². The van der Waals surface area contributed by atoms with E-state index in [1.54, 1.807) is 23.9 Å². The lowest BCUT2D eigenvalue weighted by atomic mass is 10.2. The first-order valence-corrected chi connectivity index (χ1v) is 5.69. The lowest BCUT2D eigenvalue weighted by Gasteiger charge is -2.09. The molecule has 0 amide bonds. The number of rotatable bonds is 3. The molecule has 2 N–H and O–H groups in total. The summed E-state index contributed by atoms with van der Waals surface area (Å²) in [5, 5.41) is 0. The van der Waals surface area contributed by atoms with Gasteiger partial charge >= 0.3 is 0 Å². The molecule has 2 aromatic rings. The largest absolute Gasteiger partial charge is 0.497 e. The van der Waals surface area contributed by atoms with E-state index < -0.39 is 0 Å². The van der Waals surface area contributed by atoms with Crippen LogP contribution in [-0.4, -0.2) is 11.7 Å². The SMILES string of the molecule is COc1cccc(Cn2cc(N)c(C)cc2=O)c1. The summed E-state index contributed by atoms with van der Waals surface area (Å²) in [4.78, 5) is 11.8. The molecule has 0 aliphatic carbocycles. The van der Waals surface area contributed by atoms with E-state index in [2.05, 4.69) is 0 Å². The lowest BCUT2D eigenvalue weighted by Crippen LogP contribution is -2.20. The van der Waals surface area contributed by atoms with Crippen LogP contribution >= 0.6 is 0 Å². The minimum absolute atomic E-state index is 0.0514. The fraction of sp³-hybridized carbons (Fsp3) is 0.214. The third kappa shape index (κ3) is 2.53. The minimum atomic E-state index is -0.0514. The Morgan fingerprint density at radius 1 is 1.33 bits per heavy atom. The number of hydrogen-bond acceptors (Lipinski definition) is 3. The van der Waals surface area contributed by atoms with Crippen molar-refractivity contribution in [2.45, 2.75) is 13.5 Å². The maximum atomic E-state index is 11.8. The summed E-state index contributed by atoms with van der Waals surface area (Å²) in [6, 6.07) is 9.18. The van der Waals surface area contributed by atoms with E-state index in [4.69, 9.17) is 10.5 Å². The van der Waals surface area contributed by atoms with Crippen LogP contribution in [0.1, 0.15) is 11.1 Å². The number of nitrogens with zero attached hydrogens (tertiary/aromatic N) is 1. The second-order valence-corrected chi connectivity index (χ2v) is 4.23. The first-order valence-electron chi connectivity index (χ1n) is 5.69. The van der Waals surface area contributed by atoms with Gasteiger partial charge in [0.2, 0.25) is 0 Å². The molecule has 0 aliphatic heterocycles. The molecular formula is C14H16N2O2. The van der Waals surface area contributed by atoms with Crippen molar-refractivity contribution < 1.29 is 4.74 Å². The van der Waals surface area contributed by atoms with Gasteiger partial charge in [-0.15, -0.1) is 0 Å². The van der Waals surface area contributed by atoms with Crippen LogP contribution in [0.15, 0.2) is 41.3 Å². The molecule has 18 heavy (non-hydrogen) atoms. The summed E-state index contributed by atoms with van der Waals surface area (Å²) in [7, 11) is 1.62. The number of nitrogen functional groups attached to an aromatic ring is 1. The van der Waals surface area contributed by atoms with Gasteiger partial charge in [0.05, 0.1) is 19.3 Å². The molecule has 0 fully saturated rings. The van der Waals surface area contributed by atoms with Gasteiger partial charge in [-0.05, 0) is 30.2 Å². The van der Waals surface area contributed by atoms with Crippen LogP contribution in [0.3, 0.4) is 0 Å². The number of benzene rings is 1. The van der Waals surface area contributed by atoms with Crippen LogP contribution in [0.2, 0.25) is 0 Å². The zero-order valence-electron chi connectivity index (χ0n) is 10.5. The molecule has 1 aromatic carbocycles. The fourth-order valence-corrected chi connectivity index (χ4v) is 1.78. The molecule has 0 unspecified atom stereocenters. The van der Waals surface area contributed by atoms with Gasteiger partial charge in [0, 0.05) is 12.3 Å². The molecular weight excluding hydrogens is 228 g/mol. The fourth-order valence-electron chi connectivity index (χ4n) is 1.78. The highest BCUT2D eigenvalue weighted by atomic mass is 16.5. The predicted molar refractivity (Wildman–Crippen MR) is 71.9 cm³/mol. The van der Waals surface area contributed by atoms with Crippen molar-refractivity contribution in [3.05, 3.63) is 58.0 Å². The van der Waals surface area contributed by atoms with Gasteiger partial charge in [-0.2, -0.15) is 0 Å². The summed E-state index contributed by atoms with van der Waals surface area (Å²) in [5.41, 5.74) is 8.19. The third-order valence-electron chi connectivity index (χ3n) is 2.86. The maximum absolute atomic E-state index is 11.8. The molecule has 4 heteroatoms. The number of anilines is 1. The highest BCUT2D eigenvalue weighted by Gasteiger charge is 2.02. The van der Waals surface area contributed by atoms with Crippen LogP contribution in [-0.2, 0) is 6.54 Å². The van der Waals surface area contributed by atoms with E-state index in [0.717, 1.165) is 16.9 Å². The number of methoxy groups -OCH3 is 1. The number of ether oxygens (including phenoxy) is 1. The molecule has 0 saturated carbocycles. The Bertz CT molecular complexity index is 617. The average molecular weight is 244 g/mol. The highest BCUT2D eigenvalue weighted by molar-refractivity contribution is 5.43. The van der Waals surface area contributed by atoms with E-state index in [-0.39, 0.29) is 5.56 Å². The zero-order valence-corrected chi connectivity index (χ0v) is 10.5. The van der Waals surface area contributed by atoms with Crippen LogP contribution in [0, 0.1) is 6.92 Å². The number of nitrogens with two attached hydrogens (primary N) is 1. The number of pyridine rings is 1. The number of aryl methyl sites for hydroxylation is 1. The highest BCUT2D eigenvalue weighted by Crippen LogP contribution is 2.14. The van der Waals surface area contributed by atoms with Crippen LogP contribution < -0.4 is 16.0 Å². The van der Waals surface area contributed by atoms with Crippen molar-refractivity contribution in [2.75, 3.05) is 12.8 Å². The van der Waals surface area contributed by atoms with Crippen molar-refractivity contribution >= 4 is 5.69 Å². The van der Waals surface area contributed by atoms with Gasteiger partial charge < -0.3 is 15.0 Å². The molecule has 2 rings (SSSR count). The van der Waals surface area contributed by atoms with Crippen molar-refractivity contribution in [1.82, 2.24) is 4.57 Å². The molecule has 0 bridgehead atoms. The average Bonchev–Trinajstić information content (AvgIpc) is 2.36. The zero-order chi connectivity index (χ0) is 13.1. The van der Waals surface area contributed by atoms with E-state index in [0.29, 0.717) is 12.2 Å². The maximum Gasteiger partial charge on any atom is 0.251 e.